The smallest absolute Gasteiger partial charge is 0.382 e. The standard InChI is InChI=1S/C52H60F4N8O12/c1-31-29-63(30-32(2)62(31)3)42-10-8-33(26-41(42)60-48(68)37-28-59-45(66)27-38(37)52(54,55)56)35-9-7-34(25-39(35)53)47(67)58-14-16-73-18-20-75-22-24-76-23-21-74-19-17-72-15-13-57-40-6-4-5-36-46(40)51(71)64(50(36)70)43-11-12-44(65)61-49(43)69/h4-10,25-28,31-32,43,57H,11-24,29-30H2,1-3H3,(H,58,67)(H,59,66)(H,60,68)(H,61,65,69)/t31-,32+,43?. The van der Waals surface area contributed by atoms with Crippen molar-refractivity contribution in [2.24, 2.45) is 0 Å². The zero-order valence-corrected chi connectivity index (χ0v) is 42.1. The SMILES string of the molecule is C[C@@H]1CN(c2ccc(-c3ccc(C(=O)NCCOCCOCCOCCOCCOCCNc4cccc5c4C(=O)N(C4CCC(=O)NC4=O)C5=O)cc3F)cc2NC(=O)c2c[nH]c(=O)cc2C(F)(F)F)C[C@H](C)N1C. The van der Waals surface area contributed by atoms with Gasteiger partial charge in [0.15, 0.2) is 0 Å². The van der Waals surface area contributed by atoms with Gasteiger partial charge in [-0.3, -0.25) is 48.7 Å². The molecule has 7 rings (SSSR count). The summed E-state index contributed by atoms with van der Waals surface area (Å²) in [4.78, 5) is 95.5. The number of H-pyrrole nitrogens is 1. The minimum Gasteiger partial charge on any atom is -0.382 e. The first-order valence-electron chi connectivity index (χ1n) is 24.7. The van der Waals surface area contributed by atoms with E-state index in [0.717, 1.165) is 11.0 Å². The molecule has 2 saturated heterocycles. The van der Waals surface area contributed by atoms with Crippen molar-refractivity contribution >= 4 is 52.5 Å². The first kappa shape index (κ1) is 56.6. The van der Waals surface area contributed by atoms with E-state index in [0.29, 0.717) is 82.9 Å². The van der Waals surface area contributed by atoms with Gasteiger partial charge < -0.3 is 49.5 Å². The lowest BCUT2D eigenvalue weighted by Gasteiger charge is -2.44. The highest BCUT2D eigenvalue weighted by atomic mass is 19.4. The van der Waals surface area contributed by atoms with E-state index in [2.05, 4.69) is 31.2 Å². The summed E-state index contributed by atoms with van der Waals surface area (Å²) in [7, 11) is 1.99. The molecule has 6 amide bonds. The van der Waals surface area contributed by atoms with E-state index in [-0.39, 0.29) is 91.4 Å². The molecule has 3 atom stereocenters. The van der Waals surface area contributed by atoms with E-state index >= 15 is 4.39 Å². The Morgan fingerprint density at radius 1 is 0.724 bits per heavy atom. The number of anilines is 3. The van der Waals surface area contributed by atoms with Crippen molar-refractivity contribution < 1.29 is 70.0 Å². The molecular weight excluding hydrogens is 1000 g/mol. The van der Waals surface area contributed by atoms with Crippen molar-refractivity contribution in [3.8, 4) is 11.1 Å². The fourth-order valence-electron chi connectivity index (χ4n) is 8.90. The molecule has 3 aliphatic heterocycles. The van der Waals surface area contributed by atoms with Gasteiger partial charge in [-0.05, 0) is 69.3 Å². The fourth-order valence-corrected chi connectivity index (χ4v) is 8.90. The Morgan fingerprint density at radius 3 is 1.97 bits per heavy atom. The quantitative estimate of drug-likeness (QED) is 0.0353. The maximum atomic E-state index is 15.7. The summed E-state index contributed by atoms with van der Waals surface area (Å²) in [5.74, 6) is -4.73. The maximum Gasteiger partial charge on any atom is 0.417 e. The van der Waals surface area contributed by atoms with Crippen LogP contribution < -0.4 is 31.7 Å². The summed E-state index contributed by atoms with van der Waals surface area (Å²) < 4.78 is 85.1. The normalized spacial score (nSPS) is 18.0. The zero-order valence-electron chi connectivity index (χ0n) is 42.1. The molecule has 76 heavy (non-hydrogen) atoms. The van der Waals surface area contributed by atoms with Gasteiger partial charge in [0.2, 0.25) is 17.4 Å². The average molecular weight is 1070 g/mol. The lowest BCUT2D eigenvalue weighted by atomic mass is 10.00. The number of nitrogens with one attached hydrogen (secondary N) is 5. The van der Waals surface area contributed by atoms with E-state index < -0.39 is 70.2 Å². The van der Waals surface area contributed by atoms with Crippen LogP contribution in [0.25, 0.3) is 11.1 Å². The van der Waals surface area contributed by atoms with Crippen molar-refractivity contribution in [2.45, 2.75) is 51.0 Å². The summed E-state index contributed by atoms with van der Waals surface area (Å²) in [5.41, 5.74) is -1.41. The second-order valence-corrected chi connectivity index (χ2v) is 18.2. The van der Waals surface area contributed by atoms with Crippen LogP contribution in [-0.4, -0.2) is 168 Å². The molecular formula is C52H60F4N8O12. The highest BCUT2D eigenvalue weighted by Gasteiger charge is 2.45. The Morgan fingerprint density at radius 2 is 1.36 bits per heavy atom. The number of ether oxygens (including phenoxy) is 5. The van der Waals surface area contributed by atoms with Crippen LogP contribution in [0.15, 0.2) is 71.7 Å². The molecule has 20 nitrogen and oxygen atoms in total. The monoisotopic (exact) mass is 1060 g/mol. The van der Waals surface area contributed by atoms with Gasteiger partial charge in [0, 0.05) is 73.8 Å². The summed E-state index contributed by atoms with van der Waals surface area (Å²) in [6.45, 7) is 8.44. The van der Waals surface area contributed by atoms with Crippen LogP contribution in [-0.2, 0) is 39.4 Å². The Labute approximate surface area is 434 Å². The van der Waals surface area contributed by atoms with Crippen LogP contribution in [0.4, 0.5) is 34.6 Å². The minimum absolute atomic E-state index is 0.0345. The number of likely N-dealkylation sites (N-methyl/N-ethyl adjacent to an activating group) is 1. The number of nitrogens with zero attached hydrogens (tertiary/aromatic N) is 3. The van der Waals surface area contributed by atoms with Crippen LogP contribution >= 0.6 is 0 Å². The lowest BCUT2D eigenvalue weighted by molar-refractivity contribution is -0.138. The first-order chi connectivity index (χ1) is 36.4. The number of imide groups is 2. The lowest BCUT2D eigenvalue weighted by Crippen LogP contribution is -2.55. The number of carbonyl (C=O) groups is 6. The highest BCUT2D eigenvalue weighted by molar-refractivity contribution is 6.25. The van der Waals surface area contributed by atoms with Gasteiger partial charge in [0.05, 0.1) is 99.7 Å². The minimum atomic E-state index is -4.99. The number of fused-ring (bicyclic) bond motifs is 1. The maximum absolute atomic E-state index is 15.7. The number of piperazine rings is 1. The van der Waals surface area contributed by atoms with E-state index in [1.807, 2.05) is 25.8 Å². The molecule has 0 saturated carbocycles. The van der Waals surface area contributed by atoms with Crippen LogP contribution in [0.3, 0.4) is 0 Å². The molecule has 0 aliphatic carbocycles. The van der Waals surface area contributed by atoms with Gasteiger partial charge in [-0.25, -0.2) is 4.39 Å². The number of halogens is 4. The number of aromatic amines is 1. The number of piperidine rings is 1. The Hall–Kier alpha value is -7.09. The summed E-state index contributed by atoms with van der Waals surface area (Å²) in [6, 6.07) is 12.9. The number of rotatable bonds is 25. The molecule has 4 aromatic rings. The predicted molar refractivity (Wildman–Crippen MR) is 269 cm³/mol. The number of alkyl halides is 3. The van der Waals surface area contributed by atoms with E-state index in [4.69, 9.17) is 23.7 Å². The Bertz CT molecular complexity index is 2820. The molecule has 24 heteroatoms. The molecule has 1 unspecified atom stereocenters. The van der Waals surface area contributed by atoms with Gasteiger partial charge in [-0.15, -0.1) is 0 Å². The van der Waals surface area contributed by atoms with Crippen molar-refractivity contribution in [3.63, 3.8) is 0 Å². The third-order valence-corrected chi connectivity index (χ3v) is 13.0. The molecule has 0 radical (unpaired) electrons. The fraction of sp³-hybridized carbons (Fsp3) is 0.442. The molecule has 3 aliphatic rings. The number of pyridine rings is 1. The summed E-state index contributed by atoms with van der Waals surface area (Å²) >= 11 is 0. The predicted octanol–water partition coefficient (Wildman–Crippen LogP) is 4.31. The second kappa shape index (κ2) is 26.1. The highest BCUT2D eigenvalue weighted by Crippen LogP contribution is 2.37. The van der Waals surface area contributed by atoms with Gasteiger partial charge in [-0.1, -0.05) is 18.2 Å². The summed E-state index contributed by atoms with van der Waals surface area (Å²) in [5, 5.41) is 10.5. The van der Waals surface area contributed by atoms with Crippen LogP contribution in [0, 0.1) is 5.82 Å². The number of amides is 6. The number of benzene rings is 3. The van der Waals surface area contributed by atoms with Gasteiger partial charge in [0.1, 0.15) is 11.9 Å². The van der Waals surface area contributed by atoms with E-state index in [1.54, 1.807) is 24.3 Å². The molecule has 4 heterocycles. The van der Waals surface area contributed by atoms with Crippen LogP contribution in [0.2, 0.25) is 0 Å². The first-order valence-corrected chi connectivity index (χ1v) is 24.7. The van der Waals surface area contributed by atoms with E-state index in [1.165, 1.54) is 24.3 Å². The van der Waals surface area contributed by atoms with Gasteiger partial charge >= 0.3 is 6.18 Å². The number of hydrogen-bond acceptors (Lipinski definition) is 15. The molecule has 1 aromatic heterocycles. The zero-order chi connectivity index (χ0) is 54.5. The molecule has 408 valence electrons. The van der Waals surface area contributed by atoms with Crippen LogP contribution in [0.5, 0.6) is 0 Å². The molecule has 0 spiro atoms. The van der Waals surface area contributed by atoms with Crippen molar-refractivity contribution in [1.82, 2.24) is 25.4 Å². The van der Waals surface area contributed by atoms with Gasteiger partial charge in [0.25, 0.3) is 23.6 Å². The van der Waals surface area contributed by atoms with Crippen molar-refractivity contribution in [3.05, 3.63) is 111 Å². The van der Waals surface area contributed by atoms with E-state index in [9.17, 15) is 46.7 Å². The van der Waals surface area contributed by atoms with Gasteiger partial charge in [-0.2, -0.15) is 13.2 Å². The molecule has 0 bridgehead atoms. The van der Waals surface area contributed by atoms with Crippen molar-refractivity contribution in [1.29, 1.82) is 0 Å². The van der Waals surface area contributed by atoms with Crippen molar-refractivity contribution in [2.75, 3.05) is 115 Å². The number of hydrogen-bond donors (Lipinski definition) is 5. The largest absolute Gasteiger partial charge is 0.417 e. The third kappa shape index (κ3) is 14.2. The molecule has 2 fully saturated rings. The summed E-state index contributed by atoms with van der Waals surface area (Å²) in [6.07, 6.45) is -4.18. The second-order valence-electron chi connectivity index (χ2n) is 18.2. The van der Waals surface area contributed by atoms with Crippen LogP contribution in [0.1, 0.15) is 73.7 Å². The Kier molecular flexibility index (Phi) is 19.5. The topological polar surface area (TPSA) is 239 Å². The third-order valence-electron chi connectivity index (χ3n) is 13.0. The molecule has 5 N–H and O–H groups in total. The number of carbonyl (C=O) groups excluding carboxylic acids is 6. The average Bonchev–Trinajstić information content (AvgIpc) is 3.64. The number of aromatic nitrogens is 1. The Balaban J connectivity index is 0.752. The molecule has 3 aromatic carbocycles.